The number of carboxylic acid groups (broad SMARTS) is 1. The average molecular weight is 363 g/mol. The number of carbonyl (C=O) groups is 2. The van der Waals surface area contributed by atoms with Gasteiger partial charge in [-0.15, -0.1) is 0 Å². The average Bonchev–Trinajstić information content (AvgIpc) is 2.58. The first-order valence-electron chi connectivity index (χ1n) is 8.41. The Morgan fingerprint density at radius 1 is 1.12 bits per heavy atom. The zero-order valence-electron chi connectivity index (χ0n) is 14.0. The fourth-order valence-corrected chi connectivity index (χ4v) is 2.93. The summed E-state index contributed by atoms with van der Waals surface area (Å²) in [6, 6.07) is -1.68. The predicted octanol–water partition coefficient (Wildman–Crippen LogP) is -3.60. The second-order valence-corrected chi connectivity index (χ2v) is 6.21. The van der Waals surface area contributed by atoms with E-state index in [0.29, 0.717) is 13.0 Å². The van der Waals surface area contributed by atoms with Crippen LogP contribution in [-0.4, -0.2) is 100 Å². The SMILES string of the molecule is O=CCCNC1CC(NCC(O)CO)C(O)C(NCCC(=O)O)C1O. The van der Waals surface area contributed by atoms with Gasteiger partial charge in [-0.3, -0.25) is 4.79 Å². The molecule has 6 atom stereocenters. The number of hydrogen-bond donors (Lipinski definition) is 8. The molecule has 6 unspecified atom stereocenters. The molecule has 0 aromatic rings. The summed E-state index contributed by atoms with van der Waals surface area (Å²) < 4.78 is 0. The van der Waals surface area contributed by atoms with Gasteiger partial charge in [0.25, 0.3) is 0 Å². The third kappa shape index (κ3) is 7.32. The topological polar surface area (TPSA) is 171 Å². The summed E-state index contributed by atoms with van der Waals surface area (Å²) in [4.78, 5) is 21.1. The molecular formula is C15H29N3O7. The Labute approximate surface area is 146 Å². The molecule has 0 aromatic heterocycles. The van der Waals surface area contributed by atoms with E-state index in [2.05, 4.69) is 16.0 Å². The van der Waals surface area contributed by atoms with Crippen molar-refractivity contribution in [3.63, 3.8) is 0 Å². The van der Waals surface area contributed by atoms with Gasteiger partial charge in [-0.1, -0.05) is 0 Å². The summed E-state index contributed by atoms with van der Waals surface area (Å²) in [5, 5.41) is 56.9. The summed E-state index contributed by atoms with van der Waals surface area (Å²) in [5.74, 6) is -0.992. The second kappa shape index (κ2) is 11.5. The van der Waals surface area contributed by atoms with E-state index in [9.17, 15) is 24.9 Å². The molecule has 10 heteroatoms. The maximum absolute atomic E-state index is 10.6. The van der Waals surface area contributed by atoms with Crippen LogP contribution in [0.1, 0.15) is 19.3 Å². The Bertz CT molecular complexity index is 413. The first-order valence-corrected chi connectivity index (χ1v) is 8.41. The van der Waals surface area contributed by atoms with Crippen molar-refractivity contribution in [2.75, 3.05) is 26.2 Å². The van der Waals surface area contributed by atoms with E-state index in [-0.39, 0.29) is 25.9 Å². The van der Waals surface area contributed by atoms with Crippen LogP contribution in [0.2, 0.25) is 0 Å². The van der Waals surface area contributed by atoms with E-state index in [1.807, 2.05) is 0 Å². The summed E-state index contributed by atoms with van der Waals surface area (Å²) >= 11 is 0. The van der Waals surface area contributed by atoms with E-state index >= 15 is 0 Å². The minimum absolute atomic E-state index is 0.0667. The van der Waals surface area contributed by atoms with Gasteiger partial charge >= 0.3 is 5.97 Å². The summed E-state index contributed by atoms with van der Waals surface area (Å²) in [5.41, 5.74) is 0. The van der Waals surface area contributed by atoms with Gasteiger partial charge in [0.1, 0.15) is 6.29 Å². The van der Waals surface area contributed by atoms with Crippen LogP contribution in [0.3, 0.4) is 0 Å². The van der Waals surface area contributed by atoms with Crippen LogP contribution in [0.5, 0.6) is 0 Å². The Hall–Kier alpha value is -1.14. The number of nitrogens with one attached hydrogen (secondary N) is 3. The molecule has 10 nitrogen and oxygen atoms in total. The number of aldehydes is 1. The molecular weight excluding hydrogens is 334 g/mol. The monoisotopic (exact) mass is 363 g/mol. The maximum Gasteiger partial charge on any atom is 0.304 e. The van der Waals surface area contributed by atoms with Crippen LogP contribution >= 0.6 is 0 Å². The zero-order valence-corrected chi connectivity index (χ0v) is 14.0. The fraction of sp³-hybridized carbons (Fsp3) is 0.867. The van der Waals surface area contributed by atoms with E-state index in [1.54, 1.807) is 0 Å². The highest BCUT2D eigenvalue weighted by atomic mass is 16.4. The largest absolute Gasteiger partial charge is 0.481 e. The van der Waals surface area contributed by atoms with Crippen molar-refractivity contribution < 1.29 is 35.1 Å². The Morgan fingerprint density at radius 3 is 2.32 bits per heavy atom. The number of carboxylic acids is 1. The minimum atomic E-state index is -1.01. The number of rotatable bonds is 12. The van der Waals surface area contributed by atoms with Crippen LogP contribution in [0.25, 0.3) is 0 Å². The molecule has 0 saturated heterocycles. The summed E-state index contributed by atoms with van der Waals surface area (Å²) in [7, 11) is 0. The van der Waals surface area contributed by atoms with Crippen molar-refractivity contribution in [2.24, 2.45) is 0 Å². The molecule has 0 heterocycles. The van der Waals surface area contributed by atoms with Gasteiger partial charge in [-0.2, -0.15) is 0 Å². The molecule has 1 aliphatic carbocycles. The molecule has 0 radical (unpaired) electrons. The highest BCUT2D eigenvalue weighted by molar-refractivity contribution is 5.66. The van der Waals surface area contributed by atoms with E-state index in [4.69, 9.17) is 10.2 Å². The Balaban J connectivity index is 2.71. The van der Waals surface area contributed by atoms with Crippen molar-refractivity contribution in [1.29, 1.82) is 0 Å². The van der Waals surface area contributed by atoms with Gasteiger partial charge < -0.3 is 46.3 Å². The third-order valence-corrected chi connectivity index (χ3v) is 4.28. The van der Waals surface area contributed by atoms with Gasteiger partial charge in [-0.25, -0.2) is 0 Å². The molecule has 0 amide bonds. The van der Waals surface area contributed by atoms with Crippen LogP contribution in [0.4, 0.5) is 0 Å². The van der Waals surface area contributed by atoms with E-state index in [1.165, 1.54) is 0 Å². The number of aliphatic carboxylic acids is 1. The van der Waals surface area contributed by atoms with Crippen molar-refractivity contribution in [3.05, 3.63) is 0 Å². The van der Waals surface area contributed by atoms with Crippen LogP contribution < -0.4 is 16.0 Å². The normalized spacial score (nSPS) is 30.8. The number of aliphatic hydroxyl groups is 4. The smallest absolute Gasteiger partial charge is 0.304 e. The van der Waals surface area contributed by atoms with E-state index in [0.717, 1.165) is 6.29 Å². The van der Waals surface area contributed by atoms with Gasteiger partial charge in [0, 0.05) is 38.1 Å². The maximum atomic E-state index is 10.6. The molecule has 0 aliphatic heterocycles. The van der Waals surface area contributed by atoms with Crippen LogP contribution in [0, 0.1) is 0 Å². The molecule has 25 heavy (non-hydrogen) atoms. The molecule has 146 valence electrons. The first kappa shape index (κ1) is 21.9. The highest BCUT2D eigenvalue weighted by Gasteiger charge is 2.42. The molecule has 0 bridgehead atoms. The number of carbonyl (C=O) groups excluding carboxylic acids is 1. The highest BCUT2D eigenvalue weighted by Crippen LogP contribution is 2.21. The molecule has 0 aromatic carbocycles. The van der Waals surface area contributed by atoms with Crippen molar-refractivity contribution in [3.8, 4) is 0 Å². The molecule has 1 saturated carbocycles. The lowest BCUT2D eigenvalue weighted by atomic mass is 9.81. The van der Waals surface area contributed by atoms with Gasteiger partial charge in [0.2, 0.25) is 0 Å². The number of hydrogen-bond acceptors (Lipinski definition) is 9. The Kier molecular flexibility index (Phi) is 10.0. The fourth-order valence-electron chi connectivity index (χ4n) is 2.93. The van der Waals surface area contributed by atoms with Crippen molar-refractivity contribution in [1.82, 2.24) is 16.0 Å². The van der Waals surface area contributed by atoms with Crippen LogP contribution in [0.15, 0.2) is 0 Å². The van der Waals surface area contributed by atoms with Crippen molar-refractivity contribution >= 4 is 12.3 Å². The zero-order chi connectivity index (χ0) is 18.8. The predicted molar refractivity (Wildman–Crippen MR) is 88.0 cm³/mol. The molecule has 8 N–H and O–H groups in total. The van der Waals surface area contributed by atoms with Crippen molar-refractivity contribution in [2.45, 2.75) is 55.7 Å². The minimum Gasteiger partial charge on any atom is -0.481 e. The van der Waals surface area contributed by atoms with Gasteiger partial charge in [0.15, 0.2) is 0 Å². The lowest BCUT2D eigenvalue weighted by Gasteiger charge is -2.44. The number of aliphatic hydroxyl groups excluding tert-OH is 4. The molecule has 1 fully saturated rings. The van der Waals surface area contributed by atoms with E-state index < -0.39 is 49.0 Å². The van der Waals surface area contributed by atoms with Gasteiger partial charge in [-0.05, 0) is 6.42 Å². The summed E-state index contributed by atoms with van der Waals surface area (Å²) in [6.45, 7) is 0.104. The quantitative estimate of drug-likeness (QED) is 0.128. The Morgan fingerprint density at radius 2 is 1.76 bits per heavy atom. The third-order valence-electron chi connectivity index (χ3n) is 4.28. The summed E-state index contributed by atoms with van der Waals surface area (Å²) in [6.07, 6.45) is -1.73. The second-order valence-electron chi connectivity index (χ2n) is 6.21. The molecule has 1 aliphatic rings. The first-order chi connectivity index (χ1) is 11.9. The lowest BCUT2D eigenvalue weighted by molar-refractivity contribution is -0.137. The van der Waals surface area contributed by atoms with Crippen LogP contribution in [-0.2, 0) is 9.59 Å². The molecule has 0 spiro atoms. The standard InChI is InChI=1S/C15H29N3O7/c19-5-1-3-16-10-6-11(18-7-9(21)8-20)15(25)13(14(10)24)17-4-2-12(22)23/h5,9-11,13-18,20-21,24-25H,1-4,6-8H2,(H,22,23). The van der Waals surface area contributed by atoms with Gasteiger partial charge in [0.05, 0.1) is 37.4 Å². The lowest BCUT2D eigenvalue weighted by Crippen LogP contribution is -2.67. The molecule has 1 rings (SSSR count).